The van der Waals surface area contributed by atoms with Crippen molar-refractivity contribution >= 4 is 23.4 Å². The zero-order chi connectivity index (χ0) is 14.5. The Kier molecular flexibility index (Phi) is 5.53. The van der Waals surface area contributed by atoms with Crippen LogP contribution < -0.4 is 0 Å². The van der Waals surface area contributed by atoms with Gasteiger partial charge in [0.05, 0.1) is 11.1 Å². The number of aliphatic hydroxyl groups excluding tert-OH is 1. The molecule has 0 spiro atoms. The minimum Gasteiger partial charge on any atom is -0.392 e. The number of benzene rings is 2. The summed E-state index contributed by atoms with van der Waals surface area (Å²) in [7, 11) is 0. The third kappa shape index (κ3) is 4.27. The summed E-state index contributed by atoms with van der Waals surface area (Å²) in [5, 5.41) is 10.9. The normalized spacial score (nSPS) is 12.4. The highest BCUT2D eigenvalue weighted by Gasteiger charge is 2.08. The highest BCUT2D eigenvalue weighted by molar-refractivity contribution is 7.99. The molecular weight excluding hydrogens is 288 g/mol. The molecule has 0 aromatic heterocycles. The minimum absolute atomic E-state index is 0.363. The Hall–Kier alpha value is -0.960. The van der Waals surface area contributed by atoms with Crippen molar-refractivity contribution in [3.05, 3.63) is 64.2 Å². The molecule has 1 unspecified atom stereocenters. The van der Waals surface area contributed by atoms with Crippen LogP contribution in [-0.2, 0) is 6.42 Å². The Morgan fingerprint density at radius 3 is 2.55 bits per heavy atom. The zero-order valence-electron chi connectivity index (χ0n) is 11.8. The number of hydrogen-bond donors (Lipinski definition) is 1. The molecule has 0 heterocycles. The van der Waals surface area contributed by atoms with E-state index in [1.165, 1.54) is 16.7 Å². The highest BCUT2D eigenvalue weighted by Crippen LogP contribution is 2.27. The lowest BCUT2D eigenvalue weighted by molar-refractivity contribution is 0.200. The summed E-state index contributed by atoms with van der Waals surface area (Å²) < 4.78 is 0. The third-order valence-corrected chi connectivity index (χ3v) is 4.97. The van der Waals surface area contributed by atoms with E-state index in [0.29, 0.717) is 12.2 Å². The number of thioether (sulfide) groups is 1. The van der Waals surface area contributed by atoms with Crippen LogP contribution in [0, 0.1) is 13.8 Å². The van der Waals surface area contributed by atoms with E-state index in [1.807, 2.05) is 24.3 Å². The molecular formula is C17H19ClOS. The van der Waals surface area contributed by atoms with Crippen molar-refractivity contribution in [3.8, 4) is 0 Å². The first-order valence-electron chi connectivity index (χ1n) is 6.68. The van der Waals surface area contributed by atoms with Crippen LogP contribution in [-0.4, -0.2) is 17.0 Å². The standard InChI is InChI=1S/C17H19ClOS/c1-12-7-8-14(9-13(12)2)10-15(19)11-20-17-6-4-3-5-16(17)18/h3-9,15,19H,10-11H2,1-2H3. The van der Waals surface area contributed by atoms with Crippen LogP contribution in [0.4, 0.5) is 0 Å². The number of halogens is 1. The van der Waals surface area contributed by atoms with Crippen LogP contribution in [0.15, 0.2) is 47.4 Å². The van der Waals surface area contributed by atoms with Crippen molar-refractivity contribution in [3.63, 3.8) is 0 Å². The zero-order valence-corrected chi connectivity index (χ0v) is 13.3. The van der Waals surface area contributed by atoms with E-state index in [1.54, 1.807) is 11.8 Å². The van der Waals surface area contributed by atoms with Gasteiger partial charge >= 0.3 is 0 Å². The summed E-state index contributed by atoms with van der Waals surface area (Å²) in [6, 6.07) is 14.1. The summed E-state index contributed by atoms with van der Waals surface area (Å²) in [5.74, 6) is 0.649. The average molecular weight is 307 g/mol. The maximum absolute atomic E-state index is 10.2. The number of aliphatic hydroxyl groups is 1. The second kappa shape index (κ2) is 7.16. The highest BCUT2D eigenvalue weighted by atomic mass is 35.5. The molecule has 106 valence electrons. The first-order valence-corrected chi connectivity index (χ1v) is 8.04. The van der Waals surface area contributed by atoms with Gasteiger partial charge < -0.3 is 5.11 Å². The lowest BCUT2D eigenvalue weighted by Crippen LogP contribution is -2.13. The second-order valence-electron chi connectivity index (χ2n) is 5.02. The Balaban J connectivity index is 1.91. The van der Waals surface area contributed by atoms with Crippen molar-refractivity contribution in [2.75, 3.05) is 5.75 Å². The van der Waals surface area contributed by atoms with Gasteiger partial charge in [0.2, 0.25) is 0 Å². The van der Waals surface area contributed by atoms with Gasteiger partial charge in [0, 0.05) is 10.6 Å². The fraction of sp³-hybridized carbons (Fsp3) is 0.294. The molecule has 0 saturated carbocycles. The van der Waals surface area contributed by atoms with Gasteiger partial charge in [-0.2, -0.15) is 0 Å². The molecule has 0 saturated heterocycles. The lowest BCUT2D eigenvalue weighted by Gasteiger charge is -2.12. The third-order valence-electron chi connectivity index (χ3n) is 3.31. The fourth-order valence-electron chi connectivity index (χ4n) is 2.01. The maximum atomic E-state index is 10.2. The molecule has 0 radical (unpaired) electrons. The van der Waals surface area contributed by atoms with Crippen molar-refractivity contribution in [1.29, 1.82) is 0 Å². The predicted molar refractivity (Wildman–Crippen MR) is 87.8 cm³/mol. The van der Waals surface area contributed by atoms with Crippen LogP contribution in [0.25, 0.3) is 0 Å². The Morgan fingerprint density at radius 1 is 1.10 bits per heavy atom. The van der Waals surface area contributed by atoms with Crippen LogP contribution in [0.3, 0.4) is 0 Å². The molecule has 2 aromatic carbocycles. The SMILES string of the molecule is Cc1ccc(CC(O)CSc2ccccc2Cl)cc1C. The summed E-state index contributed by atoms with van der Waals surface area (Å²) >= 11 is 7.70. The monoisotopic (exact) mass is 306 g/mol. The van der Waals surface area contributed by atoms with Crippen LogP contribution in [0.1, 0.15) is 16.7 Å². The number of rotatable bonds is 5. The second-order valence-corrected chi connectivity index (χ2v) is 6.49. The van der Waals surface area contributed by atoms with Gasteiger partial charge in [0.1, 0.15) is 0 Å². The molecule has 0 fully saturated rings. The molecule has 0 aliphatic carbocycles. The van der Waals surface area contributed by atoms with Crippen molar-refractivity contribution in [2.45, 2.75) is 31.3 Å². The smallest absolute Gasteiger partial charge is 0.0674 e. The van der Waals surface area contributed by atoms with Crippen molar-refractivity contribution in [2.24, 2.45) is 0 Å². The van der Waals surface area contributed by atoms with Gasteiger partial charge in [-0.15, -0.1) is 11.8 Å². The molecule has 0 bridgehead atoms. The quantitative estimate of drug-likeness (QED) is 0.811. The molecule has 1 N–H and O–H groups in total. The summed E-state index contributed by atoms with van der Waals surface area (Å²) in [6.45, 7) is 4.20. The Bertz CT molecular complexity index is 583. The van der Waals surface area contributed by atoms with Gasteiger partial charge in [-0.05, 0) is 49.1 Å². The maximum Gasteiger partial charge on any atom is 0.0674 e. The van der Waals surface area contributed by atoms with Crippen LogP contribution in [0.2, 0.25) is 5.02 Å². The molecule has 0 amide bonds. The van der Waals surface area contributed by atoms with Gasteiger partial charge in [-0.25, -0.2) is 0 Å². The fourth-order valence-corrected chi connectivity index (χ4v) is 3.18. The molecule has 20 heavy (non-hydrogen) atoms. The van der Waals surface area contributed by atoms with Crippen molar-refractivity contribution < 1.29 is 5.11 Å². The van der Waals surface area contributed by atoms with E-state index in [-0.39, 0.29) is 6.10 Å². The van der Waals surface area contributed by atoms with Crippen molar-refractivity contribution in [1.82, 2.24) is 0 Å². The predicted octanol–water partition coefficient (Wildman–Crippen LogP) is 4.65. The molecule has 0 aliphatic heterocycles. The van der Waals surface area contributed by atoms with Gasteiger partial charge in [0.25, 0.3) is 0 Å². The summed E-state index contributed by atoms with van der Waals surface area (Å²) in [5.41, 5.74) is 3.74. The molecule has 1 atom stereocenters. The number of aryl methyl sites for hydroxylation is 2. The van der Waals surface area contributed by atoms with Gasteiger partial charge in [-0.3, -0.25) is 0 Å². The molecule has 0 aliphatic rings. The summed E-state index contributed by atoms with van der Waals surface area (Å²) in [4.78, 5) is 1.02. The first kappa shape index (κ1) is 15.4. The van der Waals surface area contributed by atoms with Gasteiger partial charge in [-0.1, -0.05) is 41.9 Å². The molecule has 1 nitrogen and oxygen atoms in total. The minimum atomic E-state index is -0.363. The summed E-state index contributed by atoms with van der Waals surface area (Å²) in [6.07, 6.45) is 0.317. The van der Waals surface area contributed by atoms with E-state index in [9.17, 15) is 5.11 Å². The molecule has 2 aromatic rings. The van der Waals surface area contributed by atoms with Gasteiger partial charge in [0.15, 0.2) is 0 Å². The Labute approximate surface area is 130 Å². The topological polar surface area (TPSA) is 20.2 Å². The lowest BCUT2D eigenvalue weighted by atomic mass is 10.0. The largest absolute Gasteiger partial charge is 0.392 e. The van der Waals surface area contributed by atoms with E-state index in [2.05, 4.69) is 32.0 Å². The number of hydrogen-bond acceptors (Lipinski definition) is 2. The van der Waals surface area contributed by atoms with E-state index in [4.69, 9.17) is 11.6 Å². The van der Waals surface area contributed by atoms with E-state index >= 15 is 0 Å². The molecule has 3 heteroatoms. The Morgan fingerprint density at radius 2 is 1.85 bits per heavy atom. The van der Waals surface area contributed by atoms with Crippen LogP contribution in [0.5, 0.6) is 0 Å². The van der Waals surface area contributed by atoms with E-state index < -0.39 is 0 Å². The first-order chi connectivity index (χ1) is 9.56. The molecule has 2 rings (SSSR count). The van der Waals surface area contributed by atoms with E-state index in [0.717, 1.165) is 9.92 Å². The van der Waals surface area contributed by atoms with Crippen LogP contribution >= 0.6 is 23.4 Å². The average Bonchev–Trinajstić information content (AvgIpc) is 2.42.